The molecule has 5 rings (SSSR count). The average Bonchev–Trinajstić information content (AvgIpc) is 3.71. The Hall–Kier alpha value is -1.34. The first-order chi connectivity index (χ1) is 22.2. The predicted octanol–water partition coefficient (Wildman–Crippen LogP) is 5.22. The van der Waals surface area contributed by atoms with Crippen LogP contribution in [0.25, 0.3) is 0 Å². The standard InChI is InChI=1S/C37H62O11/c1-11-28(39)44-30(24(7)33(40)41)23(6)31-22(5)25(38)18-37(47-31)15-14-34(8,48-37)27-12-13-35(9,45-27)32-20(3)17-26(43-32)29-19(2)16-21(4)36(10,42)46-29/h19-27,29-32,38,42H,11-18H2,1-10H3,(H,40,41)/t19-,20-,21+,22+,23-,24-,25-,26+,27+,29-,30+,31-,32+,34-,35-,36-,37+/m0/s1. The van der Waals surface area contributed by atoms with E-state index in [1.165, 1.54) is 6.92 Å². The Morgan fingerprint density at radius 3 is 2.27 bits per heavy atom. The molecule has 5 heterocycles. The summed E-state index contributed by atoms with van der Waals surface area (Å²) in [5.41, 5.74) is -1.21. The molecule has 0 amide bonds. The number of aliphatic carboxylic acids is 1. The van der Waals surface area contributed by atoms with Crippen LogP contribution in [0.2, 0.25) is 0 Å². The lowest BCUT2D eigenvalue weighted by Gasteiger charge is -2.48. The molecule has 17 atom stereocenters. The molecule has 0 aromatic rings. The van der Waals surface area contributed by atoms with Gasteiger partial charge in [0.25, 0.3) is 0 Å². The summed E-state index contributed by atoms with van der Waals surface area (Å²) in [5, 5.41) is 32.0. The SMILES string of the molecule is CCC(=O)O[C@H]([C@H](C)[C@H]1O[C@@]2(CC[C@@](C)([C@H]3CC[C@@](C)([C@@H]4O[C@@H]([C@H]5O[C@](C)(O)[C@H](C)C[C@@H]5C)C[C@@H]4C)O3)O2)C[C@H](O)[C@H]1C)[C@H](C)C(=O)O. The summed E-state index contributed by atoms with van der Waals surface area (Å²) >= 11 is 0. The third-order valence-corrected chi connectivity index (χ3v) is 12.9. The number of esters is 1. The van der Waals surface area contributed by atoms with Crippen LogP contribution < -0.4 is 0 Å². The summed E-state index contributed by atoms with van der Waals surface area (Å²) < 4.78 is 39.3. The van der Waals surface area contributed by atoms with Crippen LogP contribution in [0.15, 0.2) is 0 Å². The molecule has 0 aromatic carbocycles. The van der Waals surface area contributed by atoms with Crippen molar-refractivity contribution in [1.82, 2.24) is 0 Å². The van der Waals surface area contributed by atoms with Crippen LogP contribution >= 0.6 is 0 Å². The molecular formula is C37H62O11. The Kier molecular flexibility index (Phi) is 10.8. The van der Waals surface area contributed by atoms with Crippen LogP contribution in [0, 0.1) is 35.5 Å². The second kappa shape index (κ2) is 13.7. The van der Waals surface area contributed by atoms with Crippen molar-refractivity contribution in [1.29, 1.82) is 0 Å². The smallest absolute Gasteiger partial charge is 0.309 e. The third kappa shape index (κ3) is 7.08. The summed E-state index contributed by atoms with van der Waals surface area (Å²) in [6.07, 6.45) is 2.01. The molecule has 5 aliphatic rings. The number of rotatable bonds is 9. The highest BCUT2D eigenvalue weighted by Crippen LogP contribution is 2.54. The Morgan fingerprint density at radius 1 is 0.938 bits per heavy atom. The first-order valence-corrected chi connectivity index (χ1v) is 18.5. The number of carbonyl (C=O) groups is 2. The summed E-state index contributed by atoms with van der Waals surface area (Å²) in [4.78, 5) is 24.3. The number of carboxylic acids is 1. The second-order valence-corrected chi connectivity index (χ2v) is 16.8. The highest BCUT2D eigenvalue weighted by Gasteiger charge is 2.61. The van der Waals surface area contributed by atoms with Crippen molar-refractivity contribution in [2.24, 2.45) is 35.5 Å². The van der Waals surface area contributed by atoms with Crippen LogP contribution in [0.1, 0.15) is 121 Å². The molecule has 0 aliphatic carbocycles. The van der Waals surface area contributed by atoms with Crippen molar-refractivity contribution in [3.63, 3.8) is 0 Å². The van der Waals surface area contributed by atoms with Gasteiger partial charge in [0.15, 0.2) is 11.6 Å². The fourth-order valence-corrected chi connectivity index (χ4v) is 9.55. The van der Waals surface area contributed by atoms with Gasteiger partial charge in [0.2, 0.25) is 0 Å². The van der Waals surface area contributed by atoms with E-state index in [0.717, 1.165) is 25.7 Å². The number of carboxylic acid groups (broad SMARTS) is 1. The van der Waals surface area contributed by atoms with Gasteiger partial charge in [-0.25, -0.2) is 0 Å². The lowest BCUT2D eigenvalue weighted by Crippen LogP contribution is -2.57. The molecular weight excluding hydrogens is 620 g/mol. The molecule has 5 saturated heterocycles. The number of aliphatic hydroxyl groups excluding tert-OH is 1. The van der Waals surface area contributed by atoms with E-state index in [-0.39, 0.29) is 60.9 Å². The number of aliphatic hydroxyl groups is 2. The molecule has 0 saturated carbocycles. The quantitative estimate of drug-likeness (QED) is 0.275. The highest BCUT2D eigenvalue weighted by atomic mass is 16.7. The maximum atomic E-state index is 12.3. The molecule has 0 unspecified atom stereocenters. The Morgan fingerprint density at radius 2 is 1.62 bits per heavy atom. The van der Waals surface area contributed by atoms with Crippen molar-refractivity contribution >= 4 is 11.9 Å². The fourth-order valence-electron chi connectivity index (χ4n) is 9.55. The van der Waals surface area contributed by atoms with Crippen molar-refractivity contribution in [3.05, 3.63) is 0 Å². The van der Waals surface area contributed by atoms with Gasteiger partial charge in [-0.2, -0.15) is 0 Å². The topological polar surface area (TPSA) is 150 Å². The normalized spacial score (nSPS) is 49.9. The van der Waals surface area contributed by atoms with Crippen LogP contribution in [-0.2, 0) is 38.0 Å². The molecule has 0 radical (unpaired) electrons. The Balaban J connectivity index is 1.27. The number of ether oxygens (including phenoxy) is 6. The molecule has 3 N–H and O–H groups in total. The molecule has 0 aromatic heterocycles. The molecule has 11 heteroatoms. The highest BCUT2D eigenvalue weighted by molar-refractivity contribution is 5.72. The molecule has 11 nitrogen and oxygen atoms in total. The zero-order chi connectivity index (χ0) is 35.6. The molecule has 5 fully saturated rings. The van der Waals surface area contributed by atoms with Crippen LogP contribution in [-0.4, -0.2) is 92.8 Å². The van der Waals surface area contributed by atoms with E-state index in [2.05, 4.69) is 27.7 Å². The van der Waals surface area contributed by atoms with Crippen molar-refractivity contribution in [3.8, 4) is 0 Å². The van der Waals surface area contributed by atoms with Gasteiger partial charge in [0, 0.05) is 37.0 Å². The third-order valence-electron chi connectivity index (χ3n) is 12.9. The summed E-state index contributed by atoms with van der Waals surface area (Å²) in [5.74, 6) is -5.01. The lowest BCUT2D eigenvalue weighted by atomic mass is 9.78. The number of carbonyl (C=O) groups excluding carboxylic acids is 1. The summed E-state index contributed by atoms with van der Waals surface area (Å²) in [7, 11) is 0. The van der Waals surface area contributed by atoms with Crippen molar-refractivity contribution < 1.29 is 53.3 Å². The van der Waals surface area contributed by atoms with Gasteiger partial charge < -0.3 is 43.7 Å². The predicted molar refractivity (Wildman–Crippen MR) is 176 cm³/mol. The molecule has 0 bridgehead atoms. The van der Waals surface area contributed by atoms with E-state index in [1.807, 2.05) is 20.8 Å². The zero-order valence-electron chi connectivity index (χ0n) is 30.8. The molecule has 1 spiro atoms. The van der Waals surface area contributed by atoms with E-state index in [4.69, 9.17) is 28.4 Å². The number of hydrogen-bond acceptors (Lipinski definition) is 10. The van der Waals surface area contributed by atoms with Crippen molar-refractivity contribution in [2.45, 2.75) is 186 Å². The van der Waals surface area contributed by atoms with Crippen LogP contribution in [0.5, 0.6) is 0 Å². The van der Waals surface area contributed by atoms with Gasteiger partial charge in [-0.1, -0.05) is 41.5 Å². The van der Waals surface area contributed by atoms with Crippen LogP contribution in [0.3, 0.4) is 0 Å². The molecule has 5 aliphatic heterocycles. The van der Waals surface area contributed by atoms with E-state index in [1.54, 1.807) is 13.8 Å². The lowest BCUT2D eigenvalue weighted by molar-refractivity contribution is -0.335. The van der Waals surface area contributed by atoms with Gasteiger partial charge in [0.1, 0.15) is 6.10 Å². The summed E-state index contributed by atoms with van der Waals surface area (Å²) in [6.45, 7) is 19.3. The molecule has 276 valence electrons. The minimum absolute atomic E-state index is 0.0505. The van der Waals surface area contributed by atoms with E-state index >= 15 is 0 Å². The Labute approximate surface area is 286 Å². The zero-order valence-corrected chi connectivity index (χ0v) is 30.8. The van der Waals surface area contributed by atoms with Crippen LogP contribution in [0.4, 0.5) is 0 Å². The number of hydrogen-bond donors (Lipinski definition) is 3. The fraction of sp³-hybridized carbons (Fsp3) is 0.946. The maximum Gasteiger partial charge on any atom is 0.309 e. The van der Waals surface area contributed by atoms with Gasteiger partial charge in [-0.15, -0.1) is 0 Å². The van der Waals surface area contributed by atoms with Gasteiger partial charge in [-0.3, -0.25) is 9.59 Å². The minimum Gasteiger partial charge on any atom is -0.481 e. The van der Waals surface area contributed by atoms with E-state index in [9.17, 15) is 24.9 Å². The second-order valence-electron chi connectivity index (χ2n) is 16.8. The Bertz CT molecular complexity index is 1180. The molecule has 48 heavy (non-hydrogen) atoms. The van der Waals surface area contributed by atoms with E-state index < -0.39 is 64.9 Å². The average molecular weight is 683 g/mol. The largest absolute Gasteiger partial charge is 0.481 e. The first kappa shape index (κ1) is 37.9. The first-order valence-electron chi connectivity index (χ1n) is 18.5. The van der Waals surface area contributed by atoms with Gasteiger partial charge in [0.05, 0.1) is 53.7 Å². The maximum absolute atomic E-state index is 12.3. The minimum atomic E-state index is -1.18. The monoisotopic (exact) mass is 682 g/mol. The van der Waals surface area contributed by atoms with Crippen molar-refractivity contribution in [2.75, 3.05) is 0 Å². The van der Waals surface area contributed by atoms with Gasteiger partial charge >= 0.3 is 11.9 Å². The summed E-state index contributed by atoms with van der Waals surface area (Å²) in [6, 6.07) is 0. The van der Waals surface area contributed by atoms with Gasteiger partial charge in [-0.05, 0) is 71.6 Å². The van der Waals surface area contributed by atoms with E-state index in [0.29, 0.717) is 12.8 Å².